The molecule has 19 heavy (non-hydrogen) atoms. The lowest BCUT2D eigenvalue weighted by atomic mass is 10.2. The minimum Gasteiger partial charge on any atom is -0.492 e. The summed E-state index contributed by atoms with van der Waals surface area (Å²) in [4.78, 5) is 2.14. The van der Waals surface area contributed by atoms with Gasteiger partial charge in [0.2, 0.25) is 0 Å². The lowest BCUT2D eigenvalue weighted by molar-refractivity contribution is 0.326. The molecule has 2 aromatic rings. The molecular weight excluding hydrogens is 304 g/mol. The molecule has 0 aliphatic carbocycles. The van der Waals surface area contributed by atoms with Crippen LogP contribution in [0.15, 0.2) is 53.0 Å². The second kappa shape index (κ2) is 6.48. The maximum absolute atomic E-state index is 5.69. The summed E-state index contributed by atoms with van der Waals surface area (Å²) in [6.07, 6.45) is 0. The van der Waals surface area contributed by atoms with Crippen molar-refractivity contribution in [3.63, 3.8) is 0 Å². The number of hydrogen-bond acceptors (Lipinski definition) is 3. The number of benzene rings is 2. The molecular formula is C15H17BrN2O. The predicted octanol–water partition coefficient (Wildman–Crippen LogP) is 3.55. The fraction of sp³-hybridized carbons (Fsp3) is 0.200. The molecule has 4 heteroatoms. The third-order valence-corrected chi connectivity index (χ3v) is 3.37. The molecule has 0 aliphatic rings. The normalized spacial score (nSPS) is 10.2. The van der Waals surface area contributed by atoms with E-state index in [9.17, 15) is 0 Å². The van der Waals surface area contributed by atoms with Crippen LogP contribution in [0.2, 0.25) is 0 Å². The smallest absolute Gasteiger partial charge is 0.119 e. The van der Waals surface area contributed by atoms with E-state index in [-0.39, 0.29) is 0 Å². The molecule has 0 bridgehead atoms. The van der Waals surface area contributed by atoms with Crippen LogP contribution in [0.1, 0.15) is 0 Å². The van der Waals surface area contributed by atoms with Crippen LogP contribution in [-0.2, 0) is 0 Å². The monoisotopic (exact) mass is 320 g/mol. The average Bonchev–Trinajstić information content (AvgIpc) is 2.41. The fourth-order valence-electron chi connectivity index (χ4n) is 1.69. The number of rotatable bonds is 5. The van der Waals surface area contributed by atoms with Crippen molar-refractivity contribution < 1.29 is 4.74 Å². The molecule has 0 aromatic heterocycles. The van der Waals surface area contributed by atoms with Crippen LogP contribution in [-0.4, -0.2) is 20.2 Å². The highest BCUT2D eigenvalue weighted by molar-refractivity contribution is 9.10. The third kappa shape index (κ3) is 4.17. The van der Waals surface area contributed by atoms with Crippen LogP contribution in [0.4, 0.5) is 11.4 Å². The summed E-state index contributed by atoms with van der Waals surface area (Å²) in [6, 6.07) is 15.7. The van der Waals surface area contributed by atoms with Gasteiger partial charge in [-0.15, -0.1) is 0 Å². The zero-order valence-electron chi connectivity index (χ0n) is 10.8. The van der Waals surface area contributed by atoms with Crippen molar-refractivity contribution in [1.29, 1.82) is 0 Å². The highest BCUT2D eigenvalue weighted by Crippen LogP contribution is 2.17. The van der Waals surface area contributed by atoms with E-state index in [2.05, 4.69) is 20.8 Å². The number of nitrogen functional groups attached to an aromatic ring is 1. The van der Waals surface area contributed by atoms with Crippen molar-refractivity contribution in [1.82, 2.24) is 0 Å². The fourth-order valence-corrected chi connectivity index (χ4v) is 1.95. The number of ether oxygens (including phenoxy) is 1. The minimum atomic E-state index is 0.641. The lowest BCUT2D eigenvalue weighted by Crippen LogP contribution is -2.23. The first-order valence-corrected chi connectivity index (χ1v) is 6.89. The first kappa shape index (κ1) is 13.7. The van der Waals surface area contributed by atoms with E-state index in [1.54, 1.807) is 0 Å². The van der Waals surface area contributed by atoms with Crippen molar-refractivity contribution in [3.8, 4) is 5.75 Å². The summed E-state index contributed by atoms with van der Waals surface area (Å²) in [6.45, 7) is 1.46. The van der Waals surface area contributed by atoms with Crippen LogP contribution in [0, 0.1) is 0 Å². The SMILES string of the molecule is CN(CCOc1ccc(Br)cc1)c1ccc(N)cc1. The number of hydrogen-bond donors (Lipinski definition) is 1. The molecule has 0 unspecified atom stereocenters. The van der Waals surface area contributed by atoms with E-state index in [0.717, 1.165) is 28.1 Å². The molecule has 0 radical (unpaired) electrons. The maximum Gasteiger partial charge on any atom is 0.119 e. The van der Waals surface area contributed by atoms with E-state index >= 15 is 0 Å². The van der Waals surface area contributed by atoms with Crippen molar-refractivity contribution in [2.75, 3.05) is 30.8 Å². The number of anilines is 2. The quantitative estimate of drug-likeness (QED) is 0.856. The van der Waals surface area contributed by atoms with E-state index in [1.165, 1.54) is 0 Å². The summed E-state index contributed by atoms with van der Waals surface area (Å²) in [5.41, 5.74) is 7.58. The van der Waals surface area contributed by atoms with Crippen molar-refractivity contribution >= 4 is 27.3 Å². The molecule has 3 nitrogen and oxygen atoms in total. The summed E-state index contributed by atoms with van der Waals surface area (Å²) in [7, 11) is 2.04. The Morgan fingerprint density at radius 2 is 1.68 bits per heavy atom. The molecule has 0 fully saturated rings. The zero-order valence-corrected chi connectivity index (χ0v) is 12.4. The van der Waals surface area contributed by atoms with Crippen LogP contribution in [0.5, 0.6) is 5.75 Å². The number of likely N-dealkylation sites (N-methyl/N-ethyl adjacent to an activating group) is 1. The van der Waals surface area contributed by atoms with Gasteiger partial charge in [-0.3, -0.25) is 0 Å². The van der Waals surface area contributed by atoms with Gasteiger partial charge < -0.3 is 15.4 Å². The van der Waals surface area contributed by atoms with Crippen molar-refractivity contribution in [2.45, 2.75) is 0 Å². The summed E-state index contributed by atoms with van der Waals surface area (Å²) >= 11 is 3.40. The molecule has 2 N–H and O–H groups in total. The average molecular weight is 321 g/mol. The Hall–Kier alpha value is -1.68. The number of halogens is 1. The van der Waals surface area contributed by atoms with E-state index in [1.807, 2.05) is 55.6 Å². The van der Waals surface area contributed by atoms with E-state index in [0.29, 0.717) is 6.61 Å². The largest absolute Gasteiger partial charge is 0.492 e. The molecule has 0 spiro atoms. The van der Waals surface area contributed by atoms with Gasteiger partial charge in [-0.05, 0) is 48.5 Å². The summed E-state index contributed by atoms with van der Waals surface area (Å²) in [5.74, 6) is 0.883. The Labute approximate surface area is 122 Å². The van der Waals surface area contributed by atoms with E-state index < -0.39 is 0 Å². The van der Waals surface area contributed by atoms with Crippen LogP contribution in [0.25, 0.3) is 0 Å². The molecule has 2 aromatic carbocycles. The highest BCUT2D eigenvalue weighted by atomic mass is 79.9. The Bertz CT molecular complexity index is 511. The molecule has 0 atom stereocenters. The van der Waals surface area contributed by atoms with Gasteiger partial charge in [0.25, 0.3) is 0 Å². The van der Waals surface area contributed by atoms with E-state index in [4.69, 9.17) is 10.5 Å². The third-order valence-electron chi connectivity index (χ3n) is 2.84. The van der Waals surface area contributed by atoms with Gasteiger partial charge in [0.1, 0.15) is 12.4 Å². The molecule has 0 saturated carbocycles. The van der Waals surface area contributed by atoms with Gasteiger partial charge in [0.15, 0.2) is 0 Å². The minimum absolute atomic E-state index is 0.641. The topological polar surface area (TPSA) is 38.5 Å². The maximum atomic E-state index is 5.69. The predicted molar refractivity (Wildman–Crippen MR) is 83.8 cm³/mol. The van der Waals surface area contributed by atoms with Crippen LogP contribution in [0.3, 0.4) is 0 Å². The molecule has 0 amide bonds. The first-order chi connectivity index (χ1) is 9.15. The summed E-state index contributed by atoms with van der Waals surface area (Å²) in [5, 5.41) is 0. The Morgan fingerprint density at radius 3 is 2.32 bits per heavy atom. The number of nitrogens with zero attached hydrogens (tertiary/aromatic N) is 1. The standard InChI is InChI=1S/C15H17BrN2O/c1-18(14-6-4-13(17)5-7-14)10-11-19-15-8-2-12(16)3-9-15/h2-9H,10-11,17H2,1H3. The van der Waals surface area contributed by atoms with Gasteiger partial charge in [-0.1, -0.05) is 15.9 Å². The van der Waals surface area contributed by atoms with Crippen LogP contribution >= 0.6 is 15.9 Å². The second-order valence-corrected chi connectivity index (χ2v) is 5.23. The summed E-state index contributed by atoms with van der Waals surface area (Å²) < 4.78 is 6.74. The van der Waals surface area contributed by atoms with Gasteiger partial charge in [0.05, 0.1) is 6.54 Å². The molecule has 0 heterocycles. The second-order valence-electron chi connectivity index (χ2n) is 4.32. The van der Waals surface area contributed by atoms with Crippen LogP contribution < -0.4 is 15.4 Å². The Morgan fingerprint density at radius 1 is 1.05 bits per heavy atom. The van der Waals surface area contributed by atoms with Gasteiger partial charge in [-0.2, -0.15) is 0 Å². The molecule has 2 rings (SSSR count). The van der Waals surface area contributed by atoms with Gasteiger partial charge in [0, 0.05) is 22.9 Å². The Balaban J connectivity index is 1.82. The van der Waals surface area contributed by atoms with Gasteiger partial charge >= 0.3 is 0 Å². The molecule has 100 valence electrons. The first-order valence-electron chi connectivity index (χ1n) is 6.10. The number of nitrogens with two attached hydrogens (primary N) is 1. The molecule has 0 saturated heterocycles. The molecule has 0 aliphatic heterocycles. The lowest BCUT2D eigenvalue weighted by Gasteiger charge is -2.19. The van der Waals surface area contributed by atoms with Gasteiger partial charge in [-0.25, -0.2) is 0 Å². The highest BCUT2D eigenvalue weighted by Gasteiger charge is 2.01. The van der Waals surface area contributed by atoms with Crippen molar-refractivity contribution in [3.05, 3.63) is 53.0 Å². The zero-order chi connectivity index (χ0) is 13.7. The van der Waals surface area contributed by atoms with Crippen molar-refractivity contribution in [2.24, 2.45) is 0 Å². The Kier molecular flexibility index (Phi) is 4.68.